The molecular formula is C42H52N6O8. The van der Waals surface area contributed by atoms with Gasteiger partial charge in [0.25, 0.3) is 0 Å². The summed E-state index contributed by atoms with van der Waals surface area (Å²) in [7, 11) is 0. The number of hydrogen-bond acceptors (Lipinski definition) is 12. The predicted octanol–water partition coefficient (Wildman–Crippen LogP) is 4.02. The van der Waals surface area contributed by atoms with Gasteiger partial charge in [-0.05, 0) is 60.1 Å². The molecule has 0 saturated carbocycles. The van der Waals surface area contributed by atoms with E-state index < -0.39 is 72.2 Å². The topological polar surface area (TPSA) is 212 Å². The van der Waals surface area contributed by atoms with Crippen LogP contribution in [0.25, 0.3) is 0 Å². The smallest absolute Gasteiger partial charge is 0.417 e. The van der Waals surface area contributed by atoms with Crippen molar-refractivity contribution in [3.63, 3.8) is 0 Å². The van der Waals surface area contributed by atoms with Crippen LogP contribution >= 0.6 is 0 Å². The van der Waals surface area contributed by atoms with Crippen LogP contribution < -0.4 is 11.5 Å². The number of aromatic nitrogens is 2. The summed E-state index contributed by atoms with van der Waals surface area (Å²) >= 11 is 0. The average molecular weight is 769 g/mol. The highest BCUT2D eigenvalue weighted by Crippen LogP contribution is 2.26. The van der Waals surface area contributed by atoms with Gasteiger partial charge in [0.05, 0.1) is 35.6 Å². The Bertz CT molecular complexity index is 1700. The molecule has 6 atom stereocenters. The minimum Gasteiger partial charge on any atom is -0.443 e. The first kappa shape index (κ1) is 43.2. The number of imide groups is 2. The third-order valence-corrected chi connectivity index (χ3v) is 9.39. The van der Waals surface area contributed by atoms with E-state index in [9.17, 15) is 29.4 Å². The van der Waals surface area contributed by atoms with Crippen molar-refractivity contribution in [2.45, 2.75) is 90.1 Å². The van der Waals surface area contributed by atoms with Gasteiger partial charge < -0.3 is 31.2 Å². The number of rotatable bonds is 17. The summed E-state index contributed by atoms with van der Waals surface area (Å²) in [6, 6.07) is 22.0. The van der Waals surface area contributed by atoms with E-state index in [0.717, 1.165) is 9.80 Å². The third-order valence-electron chi connectivity index (χ3n) is 9.39. The Morgan fingerprint density at radius 3 is 1.21 bits per heavy atom. The van der Waals surface area contributed by atoms with Crippen molar-refractivity contribution in [3.8, 4) is 0 Å². The van der Waals surface area contributed by atoms with Crippen molar-refractivity contribution in [1.29, 1.82) is 0 Å². The van der Waals surface area contributed by atoms with Gasteiger partial charge in [0.1, 0.15) is 25.4 Å². The lowest BCUT2D eigenvalue weighted by atomic mass is 9.88. The lowest BCUT2D eigenvalue weighted by Gasteiger charge is -2.41. The van der Waals surface area contributed by atoms with E-state index in [0.29, 0.717) is 22.5 Å². The van der Waals surface area contributed by atoms with Gasteiger partial charge in [0.15, 0.2) is 0 Å². The molecule has 2 heterocycles. The number of pyridine rings is 2. The molecule has 2 aromatic carbocycles. The molecule has 0 radical (unpaired) electrons. The van der Waals surface area contributed by atoms with Gasteiger partial charge in [-0.1, -0.05) is 100 Å². The Morgan fingerprint density at radius 1 is 0.571 bits per heavy atom. The van der Waals surface area contributed by atoms with Gasteiger partial charge in [-0.3, -0.25) is 19.6 Å². The monoisotopic (exact) mass is 768 g/mol. The second-order valence-corrected chi connectivity index (χ2v) is 14.2. The normalized spacial score (nSPS) is 14.5. The largest absolute Gasteiger partial charge is 0.443 e. The predicted molar refractivity (Wildman–Crippen MR) is 208 cm³/mol. The van der Waals surface area contributed by atoms with Crippen LogP contribution in [0.4, 0.5) is 9.59 Å². The maximum Gasteiger partial charge on any atom is 0.417 e. The van der Waals surface area contributed by atoms with Crippen LogP contribution in [0.1, 0.15) is 50.2 Å². The molecule has 4 aromatic rings. The molecule has 0 aliphatic carbocycles. The minimum atomic E-state index is -2.00. The second kappa shape index (κ2) is 20.9. The van der Waals surface area contributed by atoms with Crippen molar-refractivity contribution in [2.75, 3.05) is 0 Å². The Kier molecular flexibility index (Phi) is 16.2. The highest BCUT2D eigenvalue weighted by atomic mass is 16.6. The number of ether oxygens (including phenoxy) is 2. The van der Waals surface area contributed by atoms with Gasteiger partial charge in [0.2, 0.25) is 11.8 Å². The van der Waals surface area contributed by atoms with E-state index in [1.54, 1.807) is 125 Å². The van der Waals surface area contributed by atoms with Crippen molar-refractivity contribution in [2.24, 2.45) is 23.3 Å². The first-order valence-corrected chi connectivity index (χ1v) is 18.5. The highest BCUT2D eigenvalue weighted by Gasteiger charge is 2.47. The van der Waals surface area contributed by atoms with Crippen molar-refractivity contribution >= 4 is 24.0 Å². The number of aliphatic hydroxyl groups excluding tert-OH is 2. The summed E-state index contributed by atoms with van der Waals surface area (Å²) in [4.78, 5) is 66.4. The standard InChI is InChI=1S/C42H52N6O8/c1-27(2)35(43)39(51)47(41(53)55-25-31-19-11-13-21-45-31)33(23-29-15-7-5-8-16-29)37(49)38(50)34(24-30-17-9-6-10-18-30)48(40(52)36(44)28(3)4)42(54)56-26-32-20-12-14-22-46-32/h5-22,27-28,33-38,49-50H,23-26,43-44H2,1-4H3/t33-,34-,35-,36-,37+,38+/m0/s1. The van der Waals surface area contributed by atoms with E-state index in [2.05, 4.69) is 9.97 Å². The molecule has 0 unspecified atom stereocenters. The lowest BCUT2D eigenvalue weighted by molar-refractivity contribution is -0.145. The van der Waals surface area contributed by atoms with Crippen LogP contribution in [0.5, 0.6) is 0 Å². The van der Waals surface area contributed by atoms with Crippen LogP contribution in [0.3, 0.4) is 0 Å². The van der Waals surface area contributed by atoms with Crippen LogP contribution in [0.2, 0.25) is 0 Å². The van der Waals surface area contributed by atoms with Crippen LogP contribution in [-0.4, -0.2) is 90.4 Å². The molecule has 298 valence electrons. The summed E-state index contributed by atoms with van der Waals surface area (Å²) in [6.45, 7) is 6.17. The second-order valence-electron chi connectivity index (χ2n) is 14.2. The molecule has 0 fully saturated rings. The van der Waals surface area contributed by atoms with Crippen LogP contribution in [0, 0.1) is 11.8 Å². The molecular weight excluding hydrogens is 716 g/mol. The molecule has 14 nitrogen and oxygen atoms in total. The molecule has 6 N–H and O–H groups in total. The van der Waals surface area contributed by atoms with E-state index in [4.69, 9.17) is 20.9 Å². The summed E-state index contributed by atoms with van der Waals surface area (Å²) in [5.74, 6) is -2.64. The summed E-state index contributed by atoms with van der Waals surface area (Å²) in [5, 5.41) is 24.8. The molecule has 4 rings (SSSR count). The van der Waals surface area contributed by atoms with Gasteiger partial charge in [-0.25, -0.2) is 19.4 Å². The molecule has 0 saturated heterocycles. The van der Waals surface area contributed by atoms with Crippen molar-refractivity contribution < 1.29 is 38.9 Å². The number of benzene rings is 2. The van der Waals surface area contributed by atoms with Gasteiger partial charge in [0, 0.05) is 12.4 Å². The third kappa shape index (κ3) is 11.7. The molecule has 56 heavy (non-hydrogen) atoms. The summed E-state index contributed by atoms with van der Waals surface area (Å²) in [5.41, 5.74) is 14.7. The maximum atomic E-state index is 14.2. The van der Waals surface area contributed by atoms with E-state index in [1.165, 1.54) is 12.4 Å². The summed E-state index contributed by atoms with van der Waals surface area (Å²) < 4.78 is 11.2. The van der Waals surface area contributed by atoms with Crippen LogP contribution in [-0.2, 0) is 45.1 Å². The zero-order valence-corrected chi connectivity index (χ0v) is 32.1. The number of carbonyl (C=O) groups excluding carboxylic acids is 4. The molecule has 2 aromatic heterocycles. The fourth-order valence-corrected chi connectivity index (χ4v) is 5.94. The zero-order valence-electron chi connectivity index (χ0n) is 32.1. The number of nitrogens with two attached hydrogens (primary N) is 2. The molecule has 0 spiro atoms. The molecule has 0 bridgehead atoms. The number of hydrogen-bond donors (Lipinski definition) is 4. The highest BCUT2D eigenvalue weighted by molar-refractivity contribution is 5.96. The minimum absolute atomic E-state index is 0.171. The first-order chi connectivity index (χ1) is 26.8. The molecule has 14 heteroatoms. The van der Waals surface area contributed by atoms with Gasteiger partial charge >= 0.3 is 12.2 Å². The lowest BCUT2D eigenvalue weighted by Crippen LogP contribution is -2.64. The van der Waals surface area contributed by atoms with Crippen molar-refractivity contribution in [1.82, 2.24) is 19.8 Å². The summed E-state index contributed by atoms with van der Waals surface area (Å²) in [6.07, 6.45) is -3.59. The van der Waals surface area contributed by atoms with E-state index in [-0.39, 0.29) is 26.1 Å². The zero-order chi connectivity index (χ0) is 40.8. The number of nitrogens with zero attached hydrogens (tertiary/aromatic N) is 4. The molecule has 0 aliphatic heterocycles. The average Bonchev–Trinajstić information content (AvgIpc) is 3.21. The Hall–Kier alpha value is -5.54. The van der Waals surface area contributed by atoms with E-state index >= 15 is 0 Å². The fraction of sp³-hybridized carbons (Fsp3) is 0.381. The Morgan fingerprint density at radius 2 is 0.911 bits per heavy atom. The van der Waals surface area contributed by atoms with Gasteiger partial charge in [-0.15, -0.1) is 0 Å². The van der Waals surface area contributed by atoms with Crippen molar-refractivity contribution in [3.05, 3.63) is 132 Å². The Labute approximate surface area is 327 Å². The number of carbonyl (C=O) groups is 4. The molecule has 0 aliphatic rings. The number of aliphatic hydroxyl groups is 2. The fourth-order valence-electron chi connectivity index (χ4n) is 5.94. The van der Waals surface area contributed by atoms with E-state index in [1.807, 2.05) is 0 Å². The van der Waals surface area contributed by atoms with Gasteiger partial charge in [-0.2, -0.15) is 0 Å². The quantitative estimate of drug-likeness (QED) is 0.120. The Balaban J connectivity index is 1.84. The first-order valence-electron chi connectivity index (χ1n) is 18.5. The van der Waals surface area contributed by atoms with Crippen LogP contribution in [0.15, 0.2) is 109 Å². The molecule has 4 amide bonds. The SMILES string of the molecule is CC(C)[C@H](N)C(=O)N(C(=O)OCc1ccccn1)[C@@H](Cc1ccccc1)[C@@H](O)[C@H](O)[C@H](Cc1ccccc1)N(C(=O)OCc1ccccn1)C(=O)[C@@H](N)C(C)C. The number of amides is 4. The maximum absolute atomic E-state index is 14.2.